The van der Waals surface area contributed by atoms with Crippen molar-refractivity contribution >= 4 is 5.82 Å². The molecule has 4 nitrogen and oxygen atoms in total. The van der Waals surface area contributed by atoms with Gasteiger partial charge in [-0.2, -0.15) is 18.4 Å². The number of hydrogen-bond donors (Lipinski definition) is 0. The molecular formula is C14H17F3N4. The molecule has 114 valence electrons. The van der Waals surface area contributed by atoms with Crippen LogP contribution in [-0.2, 0) is 6.18 Å². The Labute approximate surface area is 121 Å². The topological polar surface area (TPSA) is 43.2 Å². The zero-order valence-corrected chi connectivity index (χ0v) is 12.0. The fraction of sp³-hybridized carbons (Fsp3) is 0.571. The van der Waals surface area contributed by atoms with Crippen molar-refractivity contribution < 1.29 is 13.2 Å². The summed E-state index contributed by atoms with van der Waals surface area (Å²) < 4.78 is 38.5. The van der Waals surface area contributed by atoms with Gasteiger partial charge in [-0.3, -0.25) is 0 Å². The lowest BCUT2D eigenvalue weighted by Crippen LogP contribution is -2.38. The Morgan fingerprint density at radius 3 is 2.71 bits per heavy atom. The van der Waals surface area contributed by atoms with Crippen LogP contribution in [0.2, 0.25) is 0 Å². The molecule has 1 atom stereocenters. The van der Waals surface area contributed by atoms with E-state index < -0.39 is 11.9 Å². The van der Waals surface area contributed by atoms with E-state index >= 15 is 0 Å². The minimum atomic E-state index is -4.50. The summed E-state index contributed by atoms with van der Waals surface area (Å²) in [4.78, 5) is 7.53. The molecule has 2 heterocycles. The third-order valence-electron chi connectivity index (χ3n) is 3.51. The molecule has 1 aromatic heterocycles. The van der Waals surface area contributed by atoms with E-state index in [0.717, 1.165) is 25.5 Å². The van der Waals surface area contributed by atoms with Crippen LogP contribution in [0.1, 0.15) is 24.1 Å². The van der Waals surface area contributed by atoms with Gasteiger partial charge in [0.25, 0.3) is 0 Å². The molecule has 0 N–H and O–H groups in total. The number of anilines is 1. The molecule has 0 radical (unpaired) electrons. The number of likely N-dealkylation sites (N-methyl/N-ethyl adjacent to an activating group) is 1. The van der Waals surface area contributed by atoms with E-state index in [4.69, 9.17) is 5.26 Å². The molecule has 0 bridgehead atoms. The van der Waals surface area contributed by atoms with Crippen molar-refractivity contribution in [3.8, 4) is 6.07 Å². The van der Waals surface area contributed by atoms with E-state index in [1.807, 2.05) is 30.0 Å². The van der Waals surface area contributed by atoms with Gasteiger partial charge in [0.05, 0.1) is 5.56 Å². The molecule has 0 saturated carbocycles. The van der Waals surface area contributed by atoms with Crippen LogP contribution in [0.4, 0.5) is 19.0 Å². The number of nitrogens with zero attached hydrogens (tertiary/aromatic N) is 4. The minimum Gasteiger partial charge on any atom is -0.351 e. The number of nitriles is 1. The molecule has 2 rings (SSSR count). The molecule has 0 aliphatic carbocycles. The van der Waals surface area contributed by atoms with E-state index in [1.54, 1.807) is 0 Å². The predicted molar refractivity (Wildman–Crippen MR) is 72.9 cm³/mol. The first-order valence-electron chi connectivity index (χ1n) is 6.72. The maximum Gasteiger partial charge on any atom is 0.433 e. The van der Waals surface area contributed by atoms with Gasteiger partial charge in [0.1, 0.15) is 17.6 Å². The summed E-state index contributed by atoms with van der Waals surface area (Å²) in [6, 6.07) is 4.09. The van der Waals surface area contributed by atoms with Gasteiger partial charge in [0.15, 0.2) is 0 Å². The maximum atomic E-state index is 12.8. The zero-order valence-electron chi connectivity index (χ0n) is 12.0. The Morgan fingerprint density at radius 1 is 1.43 bits per heavy atom. The summed E-state index contributed by atoms with van der Waals surface area (Å²) >= 11 is 0. The van der Waals surface area contributed by atoms with Gasteiger partial charge >= 0.3 is 6.18 Å². The summed E-state index contributed by atoms with van der Waals surface area (Å²) in [5, 5.41) is 9.13. The van der Waals surface area contributed by atoms with Crippen molar-refractivity contribution in [2.75, 3.05) is 32.1 Å². The monoisotopic (exact) mass is 298 g/mol. The van der Waals surface area contributed by atoms with Crippen LogP contribution >= 0.6 is 0 Å². The second kappa shape index (κ2) is 5.90. The summed E-state index contributed by atoms with van der Waals surface area (Å²) in [5.41, 5.74) is -0.763. The SMILES string of the molecule is CN(C)CC1CCCN1c1nc(C(F)(F)F)ccc1C#N. The third-order valence-corrected chi connectivity index (χ3v) is 3.51. The molecule has 0 aromatic carbocycles. The van der Waals surface area contributed by atoms with Gasteiger partial charge in [-0.25, -0.2) is 4.98 Å². The molecule has 0 amide bonds. The molecular weight excluding hydrogens is 281 g/mol. The van der Waals surface area contributed by atoms with Gasteiger partial charge in [0.2, 0.25) is 0 Å². The van der Waals surface area contributed by atoms with E-state index in [-0.39, 0.29) is 17.4 Å². The largest absolute Gasteiger partial charge is 0.433 e. The van der Waals surface area contributed by atoms with Gasteiger partial charge in [0, 0.05) is 19.1 Å². The van der Waals surface area contributed by atoms with Crippen LogP contribution in [0.25, 0.3) is 0 Å². The van der Waals surface area contributed by atoms with Gasteiger partial charge in [-0.1, -0.05) is 0 Å². The zero-order chi connectivity index (χ0) is 15.6. The average Bonchev–Trinajstić information content (AvgIpc) is 2.84. The first-order valence-corrected chi connectivity index (χ1v) is 6.72. The van der Waals surface area contributed by atoms with E-state index in [1.165, 1.54) is 6.07 Å². The van der Waals surface area contributed by atoms with Crippen LogP contribution < -0.4 is 4.90 Å². The van der Waals surface area contributed by atoms with Crippen LogP contribution in [0.3, 0.4) is 0 Å². The summed E-state index contributed by atoms with van der Waals surface area (Å²) in [6.45, 7) is 1.35. The summed E-state index contributed by atoms with van der Waals surface area (Å²) in [5.74, 6) is 0.150. The fourth-order valence-corrected chi connectivity index (χ4v) is 2.64. The van der Waals surface area contributed by atoms with Crippen LogP contribution in [-0.4, -0.2) is 43.1 Å². The molecule has 1 aliphatic heterocycles. The quantitative estimate of drug-likeness (QED) is 0.860. The predicted octanol–water partition coefficient (Wildman–Crippen LogP) is 2.50. The van der Waals surface area contributed by atoms with Crippen molar-refractivity contribution in [1.82, 2.24) is 9.88 Å². The highest BCUT2D eigenvalue weighted by molar-refractivity contribution is 5.56. The Morgan fingerprint density at radius 2 is 2.14 bits per heavy atom. The highest BCUT2D eigenvalue weighted by Crippen LogP contribution is 2.33. The lowest BCUT2D eigenvalue weighted by molar-refractivity contribution is -0.141. The number of pyridine rings is 1. The fourth-order valence-electron chi connectivity index (χ4n) is 2.64. The average molecular weight is 298 g/mol. The van der Waals surface area contributed by atoms with Gasteiger partial charge in [-0.15, -0.1) is 0 Å². The second-order valence-corrected chi connectivity index (χ2v) is 5.43. The Bertz CT molecular complexity index is 548. The molecule has 0 spiro atoms. The molecule has 1 unspecified atom stereocenters. The molecule has 21 heavy (non-hydrogen) atoms. The van der Waals surface area contributed by atoms with Crippen LogP contribution in [0.5, 0.6) is 0 Å². The first-order chi connectivity index (χ1) is 9.82. The Hall–Kier alpha value is -1.81. The Balaban J connectivity index is 2.39. The highest BCUT2D eigenvalue weighted by atomic mass is 19.4. The van der Waals surface area contributed by atoms with Gasteiger partial charge < -0.3 is 9.80 Å². The van der Waals surface area contributed by atoms with E-state index in [9.17, 15) is 13.2 Å². The standard InChI is InChI=1S/C14H17F3N4/c1-20(2)9-11-4-3-7-21(11)13-10(8-18)5-6-12(19-13)14(15,16)17/h5-6,11H,3-4,7,9H2,1-2H3. The Kier molecular flexibility index (Phi) is 4.37. The lowest BCUT2D eigenvalue weighted by Gasteiger charge is -2.29. The maximum absolute atomic E-state index is 12.8. The number of rotatable bonds is 3. The minimum absolute atomic E-state index is 0.0862. The van der Waals surface area contributed by atoms with Crippen LogP contribution in [0, 0.1) is 11.3 Å². The lowest BCUT2D eigenvalue weighted by atomic mass is 10.2. The summed E-state index contributed by atoms with van der Waals surface area (Å²) in [6.07, 6.45) is -2.72. The van der Waals surface area contributed by atoms with Crippen molar-refractivity contribution in [2.45, 2.75) is 25.1 Å². The molecule has 1 saturated heterocycles. The molecule has 7 heteroatoms. The normalized spacial score (nSPS) is 19.1. The van der Waals surface area contributed by atoms with Crippen molar-refractivity contribution in [3.63, 3.8) is 0 Å². The third kappa shape index (κ3) is 3.45. The van der Waals surface area contributed by atoms with Gasteiger partial charge in [-0.05, 0) is 39.1 Å². The number of alkyl halides is 3. The number of halogens is 3. The molecule has 1 aliphatic rings. The van der Waals surface area contributed by atoms with Crippen molar-refractivity contribution in [2.24, 2.45) is 0 Å². The van der Waals surface area contributed by atoms with Crippen molar-refractivity contribution in [3.05, 3.63) is 23.4 Å². The van der Waals surface area contributed by atoms with E-state index in [2.05, 4.69) is 4.98 Å². The smallest absolute Gasteiger partial charge is 0.351 e. The first kappa shape index (κ1) is 15.6. The van der Waals surface area contributed by atoms with Crippen LogP contribution in [0.15, 0.2) is 12.1 Å². The highest BCUT2D eigenvalue weighted by Gasteiger charge is 2.35. The molecule has 1 fully saturated rings. The second-order valence-electron chi connectivity index (χ2n) is 5.43. The van der Waals surface area contributed by atoms with E-state index in [0.29, 0.717) is 6.54 Å². The number of hydrogen-bond acceptors (Lipinski definition) is 4. The number of aromatic nitrogens is 1. The van der Waals surface area contributed by atoms with Crippen molar-refractivity contribution in [1.29, 1.82) is 5.26 Å². The summed E-state index contributed by atoms with van der Waals surface area (Å²) in [7, 11) is 3.84. The molecule has 1 aromatic rings.